The normalized spacial score (nSPS) is 11.1. The van der Waals surface area contributed by atoms with Crippen molar-refractivity contribution in [2.24, 2.45) is 0 Å². The van der Waals surface area contributed by atoms with Gasteiger partial charge in [-0.25, -0.2) is 9.59 Å². The van der Waals surface area contributed by atoms with E-state index >= 15 is 0 Å². The van der Waals surface area contributed by atoms with Crippen molar-refractivity contribution < 1.29 is 56.2 Å². The van der Waals surface area contributed by atoms with Crippen LogP contribution in [0.3, 0.4) is 0 Å². The van der Waals surface area contributed by atoms with Crippen LogP contribution in [0.2, 0.25) is 5.02 Å². The second kappa shape index (κ2) is 27.2. The van der Waals surface area contributed by atoms with E-state index in [-0.39, 0.29) is 47.6 Å². The molecule has 0 N–H and O–H groups in total. The van der Waals surface area contributed by atoms with E-state index < -0.39 is 50.8 Å². The number of benzene rings is 3. The first kappa shape index (κ1) is 54.1. The number of hydrogen-bond acceptors (Lipinski definition) is 10. The van der Waals surface area contributed by atoms with Gasteiger partial charge in [-0.2, -0.15) is 13.2 Å². The Kier molecular flexibility index (Phi) is 24.1. The zero-order chi connectivity index (χ0) is 46.4. The molecule has 3 aromatic rings. The highest BCUT2D eigenvalue weighted by Gasteiger charge is 2.31. The smallest absolute Gasteiger partial charge is 0.416 e. The number of carbonyl (C=O) groups is 4. The summed E-state index contributed by atoms with van der Waals surface area (Å²) in [6.07, 6.45) is -1.85. The molecule has 13 nitrogen and oxygen atoms in total. The standard InChI is InChI=1S/C19H15ClF3NO7.C14H20ClNO2.C8H11Cl2NO/c1-3-29-17(25)10(2)30-18(26)13-9-12(5-6-15(13)24(27)28)31-16-7-4-11(8-14(16)20)19(21,22)23;1-4-12-8-6-7-11(3)14(12)16(10-18-5-2)13(17)9-15;1-3-5-11(6-4-2)8(12)7(9)10/h4-10H,3H2,1-2H3;6-8H,4-5,9-10H2,1-3H3;3-4,7H,1-2,5-6H2. The molecule has 0 aliphatic heterocycles. The van der Waals surface area contributed by atoms with Crippen molar-refractivity contribution in [3.05, 3.63) is 117 Å². The van der Waals surface area contributed by atoms with Gasteiger partial charge in [0, 0.05) is 31.8 Å². The number of ether oxygens (including phenoxy) is 4. The van der Waals surface area contributed by atoms with E-state index in [9.17, 15) is 42.5 Å². The molecule has 1 unspecified atom stereocenters. The fraction of sp³-hybridized carbons (Fsp3) is 0.366. The van der Waals surface area contributed by atoms with E-state index in [1.54, 1.807) is 24.0 Å². The minimum atomic E-state index is -4.61. The molecule has 20 heteroatoms. The maximum atomic E-state index is 12.8. The largest absolute Gasteiger partial charge is 0.463 e. The van der Waals surface area contributed by atoms with E-state index in [1.165, 1.54) is 11.8 Å². The summed E-state index contributed by atoms with van der Waals surface area (Å²) in [6.45, 7) is 17.5. The Bertz CT molecular complexity index is 1980. The number of nitrogens with zero attached hydrogens (tertiary/aromatic N) is 3. The van der Waals surface area contributed by atoms with Gasteiger partial charge in [-0.3, -0.25) is 24.6 Å². The molecule has 61 heavy (non-hydrogen) atoms. The minimum Gasteiger partial charge on any atom is -0.463 e. The summed E-state index contributed by atoms with van der Waals surface area (Å²) in [5, 5.41) is 10.9. The van der Waals surface area contributed by atoms with Crippen molar-refractivity contribution in [2.45, 2.75) is 58.2 Å². The summed E-state index contributed by atoms with van der Waals surface area (Å²) in [4.78, 5) is 59.6. The second-order valence-corrected chi connectivity index (χ2v) is 13.9. The summed E-state index contributed by atoms with van der Waals surface area (Å²) in [5.41, 5.74) is 0.958. The van der Waals surface area contributed by atoms with Crippen molar-refractivity contribution in [3.63, 3.8) is 0 Å². The van der Waals surface area contributed by atoms with Crippen LogP contribution in [0.4, 0.5) is 24.5 Å². The van der Waals surface area contributed by atoms with E-state index in [0.717, 1.165) is 53.6 Å². The zero-order valence-corrected chi connectivity index (χ0v) is 37.0. The lowest BCUT2D eigenvalue weighted by Crippen LogP contribution is -2.35. The number of carbonyl (C=O) groups excluding carboxylic acids is 4. The Hall–Kier alpha value is -4.87. The minimum absolute atomic E-state index is 0.0371. The number of nitro groups is 1. The van der Waals surface area contributed by atoms with Crippen LogP contribution >= 0.6 is 46.4 Å². The second-order valence-electron chi connectivity index (χ2n) is 12.1. The van der Waals surface area contributed by atoms with Crippen molar-refractivity contribution in [3.8, 4) is 11.5 Å². The fourth-order valence-electron chi connectivity index (χ4n) is 4.93. The first-order valence-corrected chi connectivity index (χ1v) is 20.0. The predicted molar refractivity (Wildman–Crippen MR) is 229 cm³/mol. The van der Waals surface area contributed by atoms with Gasteiger partial charge in [0.05, 0.1) is 27.8 Å². The quantitative estimate of drug-likeness (QED) is 0.0301. The number of para-hydroxylation sites is 1. The van der Waals surface area contributed by atoms with Crippen LogP contribution in [-0.2, 0) is 41.2 Å². The summed E-state index contributed by atoms with van der Waals surface area (Å²) < 4.78 is 58.6. The average molecular weight is 940 g/mol. The van der Waals surface area contributed by atoms with E-state index in [4.69, 9.17) is 65.4 Å². The third-order valence-electron chi connectivity index (χ3n) is 7.78. The molecule has 3 rings (SSSR count). The monoisotopic (exact) mass is 937 g/mol. The van der Waals surface area contributed by atoms with Gasteiger partial charge in [0.2, 0.25) is 5.91 Å². The lowest BCUT2D eigenvalue weighted by atomic mass is 10.0. The fourth-order valence-corrected chi connectivity index (χ4v) is 5.57. The lowest BCUT2D eigenvalue weighted by molar-refractivity contribution is -0.385. The maximum absolute atomic E-state index is 12.8. The number of halogens is 7. The van der Waals surface area contributed by atoms with Gasteiger partial charge in [-0.05, 0) is 69.5 Å². The molecule has 3 aromatic carbocycles. The molecule has 0 saturated carbocycles. The zero-order valence-electron chi connectivity index (χ0n) is 33.9. The van der Waals surface area contributed by atoms with E-state index in [2.05, 4.69) is 20.1 Å². The van der Waals surface area contributed by atoms with Crippen LogP contribution < -0.4 is 9.64 Å². The lowest BCUT2D eigenvalue weighted by Gasteiger charge is -2.25. The third-order valence-corrected chi connectivity index (χ3v) is 8.68. The van der Waals surface area contributed by atoms with Crippen molar-refractivity contribution >= 4 is 81.5 Å². The summed E-state index contributed by atoms with van der Waals surface area (Å²) in [6, 6.07) is 11.4. The van der Waals surface area contributed by atoms with Gasteiger partial charge < -0.3 is 23.8 Å². The van der Waals surface area contributed by atoms with E-state index in [1.807, 2.05) is 32.0 Å². The van der Waals surface area contributed by atoms with Gasteiger partial charge in [0.15, 0.2) is 10.9 Å². The van der Waals surface area contributed by atoms with Gasteiger partial charge >= 0.3 is 18.1 Å². The molecule has 0 heterocycles. The highest BCUT2D eigenvalue weighted by atomic mass is 35.5. The van der Waals surface area contributed by atoms with Crippen LogP contribution in [0.5, 0.6) is 11.5 Å². The van der Waals surface area contributed by atoms with Crippen molar-refractivity contribution in [1.82, 2.24) is 4.90 Å². The SMILES string of the molecule is C=CCN(CC=C)C(=O)C(Cl)Cl.CCOC(=O)C(C)OC(=O)c1cc(Oc2ccc(C(F)(F)F)cc2Cl)ccc1[N+](=O)[O-].CCOCN(C(=O)CCl)c1c(C)cccc1CC. The highest BCUT2D eigenvalue weighted by Crippen LogP contribution is 2.37. The molecule has 0 fully saturated rings. The Morgan fingerprint density at radius 1 is 0.967 bits per heavy atom. The van der Waals surface area contributed by atoms with Gasteiger partial charge in [0.1, 0.15) is 29.7 Å². The summed E-state index contributed by atoms with van der Waals surface area (Å²) in [5.74, 6) is -2.85. The van der Waals surface area contributed by atoms with Crippen molar-refractivity contribution in [1.29, 1.82) is 0 Å². The summed E-state index contributed by atoms with van der Waals surface area (Å²) >= 11 is 22.3. The Morgan fingerprint density at radius 2 is 1.61 bits per heavy atom. The molecular weight excluding hydrogens is 893 g/mol. The molecular formula is C41H46Cl4F3N3O10. The summed E-state index contributed by atoms with van der Waals surface area (Å²) in [7, 11) is 0. The average Bonchev–Trinajstić information content (AvgIpc) is 3.21. The van der Waals surface area contributed by atoms with E-state index in [0.29, 0.717) is 25.8 Å². The Balaban J connectivity index is 0.000000521. The molecule has 0 aliphatic rings. The van der Waals surface area contributed by atoms with Crippen LogP contribution in [0.1, 0.15) is 54.7 Å². The number of nitro benzene ring substituents is 1. The number of rotatable bonds is 18. The van der Waals surface area contributed by atoms with Crippen LogP contribution in [0, 0.1) is 17.0 Å². The number of esters is 2. The number of amides is 2. The number of anilines is 1. The molecule has 0 bridgehead atoms. The highest BCUT2D eigenvalue weighted by molar-refractivity contribution is 6.53. The number of hydrogen-bond donors (Lipinski definition) is 0. The molecule has 0 saturated heterocycles. The molecule has 2 amide bonds. The molecule has 0 aliphatic carbocycles. The first-order valence-electron chi connectivity index (χ1n) is 18.2. The van der Waals surface area contributed by atoms with Crippen molar-refractivity contribution in [2.75, 3.05) is 43.8 Å². The predicted octanol–water partition coefficient (Wildman–Crippen LogP) is 10.3. The van der Waals surface area contributed by atoms with Gasteiger partial charge in [-0.15, -0.1) is 24.8 Å². The number of alkyl halides is 6. The Labute approximate surface area is 372 Å². The maximum Gasteiger partial charge on any atom is 0.416 e. The molecule has 0 aromatic heterocycles. The Morgan fingerprint density at radius 3 is 2.10 bits per heavy atom. The van der Waals surface area contributed by atoms with Crippen LogP contribution in [0.25, 0.3) is 0 Å². The topological polar surface area (TPSA) is 155 Å². The van der Waals surface area contributed by atoms with Crippen LogP contribution in [-0.4, -0.2) is 83.4 Å². The number of aryl methyl sites for hydroxylation is 2. The molecule has 334 valence electrons. The van der Waals surface area contributed by atoms with Gasteiger partial charge in [0.25, 0.3) is 11.6 Å². The third kappa shape index (κ3) is 17.6. The van der Waals surface area contributed by atoms with Crippen LogP contribution in [0.15, 0.2) is 79.9 Å². The van der Waals surface area contributed by atoms with Gasteiger partial charge in [-0.1, -0.05) is 72.1 Å². The molecule has 0 spiro atoms. The molecule has 1 atom stereocenters. The first-order chi connectivity index (χ1) is 28.7. The molecule has 0 radical (unpaired) electrons.